The second kappa shape index (κ2) is 5.61. The molecule has 0 heterocycles. The average Bonchev–Trinajstić information content (AvgIpc) is 0.722. The maximum atomic E-state index is 8.55. The van der Waals surface area contributed by atoms with Gasteiger partial charge in [-0.05, 0) is 0 Å². The minimum Gasteiger partial charge on any atom is -0.822 e. The molecule has 0 rings (SSSR count). The van der Waals surface area contributed by atoms with Gasteiger partial charge in [-0.15, -0.1) is 0 Å². The van der Waals surface area contributed by atoms with Gasteiger partial charge in [-0.25, -0.2) is 0 Å². The summed E-state index contributed by atoms with van der Waals surface area (Å²) < 4.78 is 8.55. The normalized spacial score (nSPS) is 8.43. The molecule has 0 aromatic rings. The standard InChI is InChI=1S/Nb.H3O4P.Zn/c;1-5(2,3)4;/h;(H3,1,2,3,4);/q+5;;+2/p-3. The van der Waals surface area contributed by atoms with Crippen molar-refractivity contribution in [3.63, 3.8) is 0 Å². The zero-order valence-electron chi connectivity index (χ0n) is 3.23. The number of rotatable bonds is 0. The summed E-state index contributed by atoms with van der Waals surface area (Å²) in [5, 5.41) is 0. The topological polar surface area (TPSA) is 86.2 Å². The van der Waals surface area contributed by atoms with E-state index in [4.69, 9.17) is 19.2 Å². The molecule has 0 aliphatic carbocycles. The summed E-state index contributed by atoms with van der Waals surface area (Å²) in [7, 11) is -5.39. The third-order valence-electron chi connectivity index (χ3n) is 0. The summed E-state index contributed by atoms with van der Waals surface area (Å²) in [5.41, 5.74) is 0. The average molecular weight is 253 g/mol. The van der Waals surface area contributed by atoms with E-state index in [1.54, 1.807) is 0 Å². The maximum Gasteiger partial charge on any atom is 5.00 e. The quantitative estimate of drug-likeness (QED) is 0.344. The van der Waals surface area contributed by atoms with Crippen molar-refractivity contribution in [3.05, 3.63) is 0 Å². The zero-order valence-corrected chi connectivity index (χ0v) is 9.29. The molecule has 0 aliphatic rings. The van der Waals surface area contributed by atoms with Crippen LogP contribution in [0.4, 0.5) is 0 Å². The third-order valence-corrected chi connectivity index (χ3v) is 0. The molecule has 0 aromatic carbocycles. The Hall–Kier alpha value is 1.47. The van der Waals surface area contributed by atoms with E-state index in [0.29, 0.717) is 0 Å². The van der Waals surface area contributed by atoms with E-state index in [1.807, 2.05) is 0 Å². The minimum atomic E-state index is -5.39. The van der Waals surface area contributed by atoms with Gasteiger partial charge < -0.3 is 19.2 Å². The van der Waals surface area contributed by atoms with Crippen molar-refractivity contribution < 1.29 is 61.1 Å². The Kier molecular flexibility index (Phi) is 12.7. The van der Waals surface area contributed by atoms with Crippen LogP contribution in [0.1, 0.15) is 0 Å². The molecular formula is NbO4PZn+4. The van der Waals surface area contributed by atoms with Gasteiger partial charge in [-0.1, -0.05) is 0 Å². The van der Waals surface area contributed by atoms with Gasteiger partial charge in [0.25, 0.3) is 0 Å². The van der Waals surface area contributed by atoms with Crippen LogP contribution in [0.25, 0.3) is 0 Å². The summed E-state index contributed by atoms with van der Waals surface area (Å²) in [5.74, 6) is 0. The zero-order chi connectivity index (χ0) is 4.50. The minimum absolute atomic E-state index is 0. The molecule has 0 atom stereocenters. The number of hydrogen-bond donors (Lipinski definition) is 0. The van der Waals surface area contributed by atoms with Crippen molar-refractivity contribution in [2.75, 3.05) is 0 Å². The predicted octanol–water partition coefficient (Wildman–Crippen LogP) is -2.83. The SMILES string of the molecule is O=P([O-])([O-])[O-].[Nb+5].[Zn+2]. The first-order chi connectivity index (χ1) is 2.00. The number of hydrogen-bond acceptors (Lipinski definition) is 4. The molecular weight excluding hydrogens is 253 g/mol. The Labute approximate surface area is 68.8 Å². The smallest absolute Gasteiger partial charge is 0.822 e. The van der Waals surface area contributed by atoms with Crippen LogP contribution in [0.15, 0.2) is 0 Å². The summed E-state index contributed by atoms with van der Waals surface area (Å²) in [4.78, 5) is 25.6. The first-order valence-electron chi connectivity index (χ1n) is 0.730. The third kappa shape index (κ3) is 103. The second-order valence-electron chi connectivity index (χ2n) is 0.447. The van der Waals surface area contributed by atoms with Gasteiger partial charge in [-0.3, -0.25) is 0 Å². The summed E-state index contributed by atoms with van der Waals surface area (Å²) >= 11 is 0. The van der Waals surface area contributed by atoms with Crippen LogP contribution in [0.2, 0.25) is 0 Å². The molecule has 0 fully saturated rings. The molecule has 0 saturated heterocycles. The molecule has 7 heteroatoms. The van der Waals surface area contributed by atoms with Crippen LogP contribution in [0.5, 0.6) is 0 Å². The first kappa shape index (κ1) is 15.8. The van der Waals surface area contributed by atoms with E-state index < -0.39 is 7.82 Å². The number of phosphoric acid groups is 1. The fraction of sp³-hybridized carbons (Fsp3) is 0. The van der Waals surface area contributed by atoms with E-state index in [0.717, 1.165) is 0 Å². The fourth-order valence-corrected chi connectivity index (χ4v) is 0. The predicted molar refractivity (Wildman–Crippen MR) is 7.61 cm³/mol. The Morgan fingerprint density at radius 2 is 1.14 bits per heavy atom. The monoisotopic (exact) mass is 252 g/mol. The maximum absolute atomic E-state index is 8.55. The van der Waals surface area contributed by atoms with Gasteiger partial charge in [0.15, 0.2) is 0 Å². The van der Waals surface area contributed by atoms with Crippen LogP contribution in [0.3, 0.4) is 0 Å². The van der Waals surface area contributed by atoms with E-state index in [1.165, 1.54) is 0 Å². The molecule has 0 aromatic heterocycles. The summed E-state index contributed by atoms with van der Waals surface area (Å²) in [6.45, 7) is 0. The Balaban J connectivity index is -0.0000000800. The molecule has 0 unspecified atom stereocenters. The van der Waals surface area contributed by atoms with E-state index in [2.05, 4.69) is 0 Å². The Morgan fingerprint density at radius 3 is 1.14 bits per heavy atom. The van der Waals surface area contributed by atoms with Gasteiger partial charge in [0.05, 0.1) is 0 Å². The van der Waals surface area contributed by atoms with Crippen molar-refractivity contribution in [1.29, 1.82) is 0 Å². The van der Waals surface area contributed by atoms with Crippen molar-refractivity contribution >= 4 is 7.82 Å². The van der Waals surface area contributed by atoms with Crippen molar-refractivity contribution in [2.45, 2.75) is 0 Å². The van der Waals surface area contributed by atoms with Gasteiger partial charge in [0.1, 0.15) is 0 Å². The van der Waals surface area contributed by atoms with Crippen LogP contribution in [-0.4, -0.2) is 0 Å². The van der Waals surface area contributed by atoms with Crippen molar-refractivity contribution in [2.24, 2.45) is 0 Å². The van der Waals surface area contributed by atoms with Gasteiger partial charge in [-0.2, -0.15) is 7.82 Å². The van der Waals surface area contributed by atoms with Gasteiger partial charge in [0.2, 0.25) is 0 Å². The second-order valence-corrected chi connectivity index (χ2v) is 1.34. The summed E-state index contributed by atoms with van der Waals surface area (Å²) in [6.07, 6.45) is 0. The fourth-order valence-electron chi connectivity index (χ4n) is 0. The molecule has 0 amide bonds. The molecule has 0 spiro atoms. The van der Waals surface area contributed by atoms with Crippen LogP contribution >= 0.6 is 7.82 Å². The van der Waals surface area contributed by atoms with E-state index in [-0.39, 0.29) is 41.9 Å². The van der Waals surface area contributed by atoms with Crippen LogP contribution in [0, 0.1) is 0 Å². The molecule has 0 radical (unpaired) electrons. The summed E-state index contributed by atoms with van der Waals surface area (Å²) in [6, 6.07) is 0. The van der Waals surface area contributed by atoms with E-state index in [9.17, 15) is 0 Å². The molecule has 4 nitrogen and oxygen atoms in total. The van der Waals surface area contributed by atoms with Gasteiger partial charge in [0, 0.05) is 0 Å². The molecule has 0 bridgehead atoms. The molecule has 32 valence electrons. The molecule has 0 saturated carbocycles. The van der Waals surface area contributed by atoms with Crippen molar-refractivity contribution in [1.82, 2.24) is 0 Å². The van der Waals surface area contributed by atoms with Crippen LogP contribution in [-0.2, 0) is 46.4 Å². The first-order valence-corrected chi connectivity index (χ1v) is 2.19. The molecule has 0 aliphatic heterocycles. The van der Waals surface area contributed by atoms with E-state index >= 15 is 0 Å². The van der Waals surface area contributed by atoms with Crippen molar-refractivity contribution in [3.8, 4) is 0 Å². The largest absolute Gasteiger partial charge is 5.00 e. The van der Waals surface area contributed by atoms with Gasteiger partial charge >= 0.3 is 41.9 Å². The van der Waals surface area contributed by atoms with Crippen LogP contribution < -0.4 is 14.7 Å². The Morgan fingerprint density at radius 1 is 1.14 bits per heavy atom. The Bertz CT molecular complexity index is 57.8. The molecule has 0 N–H and O–H groups in total. The molecule has 7 heavy (non-hydrogen) atoms.